The van der Waals surface area contributed by atoms with E-state index in [0.717, 1.165) is 39.0 Å². The molecule has 1 aliphatic carbocycles. The highest BCUT2D eigenvalue weighted by molar-refractivity contribution is 5.85. The Bertz CT molecular complexity index is 362. The van der Waals surface area contributed by atoms with Gasteiger partial charge in [0.1, 0.15) is 0 Å². The van der Waals surface area contributed by atoms with E-state index >= 15 is 0 Å². The summed E-state index contributed by atoms with van der Waals surface area (Å²) in [7, 11) is 2.01. The molecule has 4 heteroatoms. The summed E-state index contributed by atoms with van der Waals surface area (Å²) < 4.78 is 0. The predicted molar refractivity (Wildman–Crippen MR) is 87.3 cm³/mol. The van der Waals surface area contributed by atoms with Gasteiger partial charge in [0.2, 0.25) is 5.91 Å². The summed E-state index contributed by atoms with van der Waals surface area (Å²) in [6.45, 7) is 12.8. The minimum Gasteiger partial charge on any atom is -0.341 e. The van der Waals surface area contributed by atoms with Crippen molar-refractivity contribution in [3.63, 3.8) is 0 Å². The van der Waals surface area contributed by atoms with Crippen molar-refractivity contribution in [1.82, 2.24) is 15.1 Å². The van der Waals surface area contributed by atoms with Crippen molar-refractivity contribution in [1.29, 1.82) is 0 Å². The van der Waals surface area contributed by atoms with Crippen LogP contribution in [-0.2, 0) is 4.79 Å². The molecule has 2 fully saturated rings. The summed E-state index contributed by atoms with van der Waals surface area (Å²) in [6, 6.07) is 0.424. The molecule has 0 spiro atoms. The van der Waals surface area contributed by atoms with E-state index in [1.54, 1.807) is 0 Å². The van der Waals surface area contributed by atoms with Gasteiger partial charge in [-0.15, -0.1) is 0 Å². The van der Waals surface area contributed by atoms with Gasteiger partial charge < -0.3 is 10.2 Å². The fourth-order valence-electron chi connectivity index (χ4n) is 3.73. The zero-order chi connectivity index (χ0) is 15.7. The Labute approximate surface area is 130 Å². The molecule has 0 atom stereocenters. The summed E-state index contributed by atoms with van der Waals surface area (Å²) in [6.07, 6.45) is 4.74. The fraction of sp³-hybridized carbons (Fsp3) is 0.941. The van der Waals surface area contributed by atoms with Crippen molar-refractivity contribution in [2.24, 2.45) is 5.41 Å². The van der Waals surface area contributed by atoms with Crippen molar-refractivity contribution in [2.45, 2.75) is 65.0 Å². The molecule has 4 nitrogen and oxygen atoms in total. The first-order valence-corrected chi connectivity index (χ1v) is 8.47. The predicted octanol–water partition coefficient (Wildman–Crippen LogP) is 2.10. The summed E-state index contributed by atoms with van der Waals surface area (Å²) in [5.74, 6) is 0.286. The van der Waals surface area contributed by atoms with Gasteiger partial charge in [-0.3, -0.25) is 9.69 Å². The van der Waals surface area contributed by atoms with Crippen molar-refractivity contribution < 1.29 is 4.79 Å². The third-order valence-electron chi connectivity index (χ3n) is 5.61. The second-order valence-corrected chi connectivity index (χ2v) is 8.11. The molecule has 0 unspecified atom stereocenters. The minimum absolute atomic E-state index is 0.286. The van der Waals surface area contributed by atoms with E-state index in [2.05, 4.69) is 37.9 Å². The number of nitrogens with one attached hydrogen (secondary N) is 1. The standard InChI is InChI=1S/C17H33N3O/c1-16(2)8-6-14(7-9-16)19(5)15(21)17(3,4)20-12-10-18-11-13-20/h14,18H,6-13H2,1-5H3. The van der Waals surface area contributed by atoms with E-state index in [9.17, 15) is 4.79 Å². The smallest absolute Gasteiger partial charge is 0.242 e. The molecule has 21 heavy (non-hydrogen) atoms. The molecule has 1 saturated carbocycles. The molecule has 1 N–H and O–H groups in total. The minimum atomic E-state index is -0.385. The maximum absolute atomic E-state index is 13.0. The maximum atomic E-state index is 13.0. The quantitative estimate of drug-likeness (QED) is 0.866. The van der Waals surface area contributed by atoms with Crippen LogP contribution in [-0.4, -0.2) is 60.5 Å². The van der Waals surface area contributed by atoms with Crippen molar-refractivity contribution >= 4 is 5.91 Å². The molecule has 1 heterocycles. The average molecular weight is 295 g/mol. The van der Waals surface area contributed by atoms with Crippen LogP contribution in [0.25, 0.3) is 0 Å². The number of likely N-dealkylation sites (N-methyl/N-ethyl adjacent to an activating group) is 1. The second-order valence-electron chi connectivity index (χ2n) is 8.11. The van der Waals surface area contributed by atoms with E-state index < -0.39 is 0 Å². The summed E-state index contributed by atoms with van der Waals surface area (Å²) in [4.78, 5) is 17.4. The molecular formula is C17H33N3O. The molecule has 1 aliphatic heterocycles. The lowest BCUT2D eigenvalue weighted by Gasteiger charge is -2.45. The van der Waals surface area contributed by atoms with Crippen LogP contribution in [0.4, 0.5) is 0 Å². The van der Waals surface area contributed by atoms with E-state index in [-0.39, 0.29) is 11.4 Å². The van der Waals surface area contributed by atoms with Crippen LogP contribution >= 0.6 is 0 Å². The normalized spacial score (nSPS) is 24.8. The monoisotopic (exact) mass is 295 g/mol. The van der Waals surface area contributed by atoms with Crippen molar-refractivity contribution in [3.8, 4) is 0 Å². The molecule has 1 amide bonds. The van der Waals surface area contributed by atoms with Crippen LogP contribution in [0.1, 0.15) is 53.4 Å². The Hall–Kier alpha value is -0.610. The third-order valence-corrected chi connectivity index (χ3v) is 5.61. The molecule has 0 aromatic heterocycles. The SMILES string of the molecule is CN(C(=O)C(C)(C)N1CCNCC1)C1CCC(C)(C)CC1. The van der Waals surface area contributed by atoms with Gasteiger partial charge in [0.15, 0.2) is 0 Å². The molecule has 2 rings (SSSR count). The maximum Gasteiger partial charge on any atom is 0.242 e. The number of hydrogen-bond donors (Lipinski definition) is 1. The molecule has 0 radical (unpaired) electrons. The van der Waals surface area contributed by atoms with Crippen LogP contribution in [0.3, 0.4) is 0 Å². The molecule has 1 saturated heterocycles. The lowest BCUT2D eigenvalue weighted by Crippen LogP contribution is -2.61. The lowest BCUT2D eigenvalue weighted by atomic mass is 9.75. The number of piperazine rings is 1. The van der Waals surface area contributed by atoms with Gasteiger partial charge in [-0.05, 0) is 44.9 Å². The molecule has 122 valence electrons. The van der Waals surface area contributed by atoms with Gasteiger partial charge in [-0.25, -0.2) is 0 Å². The van der Waals surface area contributed by atoms with Crippen LogP contribution in [0.15, 0.2) is 0 Å². The third kappa shape index (κ3) is 3.78. The molecule has 2 aliphatic rings. The Balaban J connectivity index is 1.97. The Kier molecular flexibility index (Phi) is 4.99. The number of amides is 1. The van der Waals surface area contributed by atoms with Gasteiger partial charge in [0, 0.05) is 39.3 Å². The van der Waals surface area contributed by atoms with E-state index in [0.29, 0.717) is 11.5 Å². The van der Waals surface area contributed by atoms with E-state index in [4.69, 9.17) is 0 Å². The van der Waals surface area contributed by atoms with Crippen molar-refractivity contribution in [3.05, 3.63) is 0 Å². The van der Waals surface area contributed by atoms with Gasteiger partial charge in [-0.1, -0.05) is 13.8 Å². The number of rotatable bonds is 3. The van der Waals surface area contributed by atoms with Crippen LogP contribution in [0.2, 0.25) is 0 Å². The molecule has 0 bridgehead atoms. The molecular weight excluding hydrogens is 262 g/mol. The number of carbonyl (C=O) groups excluding carboxylic acids is 1. The lowest BCUT2D eigenvalue weighted by molar-refractivity contribution is -0.145. The zero-order valence-electron chi connectivity index (χ0n) is 14.5. The van der Waals surface area contributed by atoms with E-state index in [1.165, 1.54) is 12.8 Å². The zero-order valence-corrected chi connectivity index (χ0v) is 14.5. The first-order valence-electron chi connectivity index (χ1n) is 8.47. The summed E-state index contributed by atoms with van der Waals surface area (Å²) >= 11 is 0. The van der Waals surface area contributed by atoms with Crippen molar-refractivity contribution in [2.75, 3.05) is 33.2 Å². The van der Waals surface area contributed by atoms with Crippen LogP contribution in [0, 0.1) is 5.41 Å². The van der Waals surface area contributed by atoms with Crippen LogP contribution < -0.4 is 5.32 Å². The number of hydrogen-bond acceptors (Lipinski definition) is 3. The highest BCUT2D eigenvalue weighted by Crippen LogP contribution is 2.37. The van der Waals surface area contributed by atoms with Gasteiger partial charge in [0.05, 0.1) is 5.54 Å². The Morgan fingerprint density at radius 3 is 2.24 bits per heavy atom. The van der Waals surface area contributed by atoms with Gasteiger partial charge in [0.25, 0.3) is 0 Å². The van der Waals surface area contributed by atoms with E-state index in [1.807, 2.05) is 11.9 Å². The summed E-state index contributed by atoms with van der Waals surface area (Å²) in [5, 5.41) is 3.36. The first kappa shape index (κ1) is 16.8. The number of carbonyl (C=O) groups is 1. The highest BCUT2D eigenvalue weighted by atomic mass is 16.2. The second kappa shape index (κ2) is 6.25. The largest absolute Gasteiger partial charge is 0.341 e. The Morgan fingerprint density at radius 1 is 1.19 bits per heavy atom. The van der Waals surface area contributed by atoms with Gasteiger partial charge in [-0.2, -0.15) is 0 Å². The topological polar surface area (TPSA) is 35.6 Å². The fourth-order valence-corrected chi connectivity index (χ4v) is 3.73. The summed E-state index contributed by atoms with van der Waals surface area (Å²) in [5.41, 5.74) is 0.0677. The van der Waals surface area contributed by atoms with Gasteiger partial charge >= 0.3 is 0 Å². The average Bonchev–Trinajstić information content (AvgIpc) is 2.46. The highest BCUT2D eigenvalue weighted by Gasteiger charge is 2.40. The number of nitrogens with zero attached hydrogens (tertiary/aromatic N) is 2. The first-order chi connectivity index (χ1) is 9.74. The molecule has 0 aromatic carbocycles. The Morgan fingerprint density at radius 2 is 1.71 bits per heavy atom. The van der Waals surface area contributed by atoms with Crippen LogP contribution in [0.5, 0.6) is 0 Å². The molecule has 0 aromatic rings.